The summed E-state index contributed by atoms with van der Waals surface area (Å²) in [6.07, 6.45) is 0. The van der Waals surface area contributed by atoms with Gasteiger partial charge in [0.05, 0.1) is 6.54 Å². The second-order valence-corrected chi connectivity index (χ2v) is 4.86. The molecule has 21 heavy (non-hydrogen) atoms. The molecule has 2 rings (SSSR count). The molecule has 0 fully saturated rings. The number of rotatable bonds is 3. The maximum absolute atomic E-state index is 13.7. The van der Waals surface area contributed by atoms with Crippen LogP contribution in [0.1, 0.15) is 11.1 Å². The molecule has 110 valence electrons. The molecular weight excluding hydrogens is 303 g/mol. The van der Waals surface area contributed by atoms with Gasteiger partial charge in [-0.15, -0.1) is 0 Å². The fourth-order valence-corrected chi connectivity index (χ4v) is 2.06. The van der Waals surface area contributed by atoms with Gasteiger partial charge in [0.25, 0.3) is 0 Å². The Labute approximate surface area is 124 Å². The van der Waals surface area contributed by atoms with Crippen molar-refractivity contribution in [3.8, 4) is 0 Å². The number of anilines is 1. The van der Waals surface area contributed by atoms with Gasteiger partial charge in [0.15, 0.2) is 11.6 Å². The summed E-state index contributed by atoms with van der Waals surface area (Å²) in [7, 11) is 0. The van der Waals surface area contributed by atoms with Crippen molar-refractivity contribution in [2.75, 3.05) is 4.90 Å². The van der Waals surface area contributed by atoms with Crippen LogP contribution in [0.15, 0.2) is 36.4 Å². The van der Waals surface area contributed by atoms with E-state index in [0.717, 1.165) is 10.5 Å². The van der Waals surface area contributed by atoms with E-state index in [9.17, 15) is 18.0 Å². The van der Waals surface area contributed by atoms with Crippen LogP contribution in [-0.4, -0.2) is 5.37 Å². The monoisotopic (exact) mass is 313 g/mol. The smallest absolute Gasteiger partial charge is 0.294 e. The van der Waals surface area contributed by atoms with Gasteiger partial charge in [-0.3, -0.25) is 9.69 Å². The minimum Gasteiger partial charge on any atom is -0.294 e. The predicted molar refractivity (Wildman–Crippen MR) is 74.9 cm³/mol. The molecule has 0 aliphatic rings. The van der Waals surface area contributed by atoms with E-state index in [1.54, 1.807) is 18.2 Å². The zero-order valence-corrected chi connectivity index (χ0v) is 11.8. The normalized spacial score (nSPS) is 10.5. The molecule has 2 nitrogen and oxygen atoms in total. The summed E-state index contributed by atoms with van der Waals surface area (Å²) >= 11 is 5.50. The molecule has 0 aromatic heterocycles. The second kappa shape index (κ2) is 6.18. The molecule has 0 atom stereocenters. The van der Waals surface area contributed by atoms with Crippen molar-refractivity contribution >= 4 is 22.7 Å². The van der Waals surface area contributed by atoms with Crippen molar-refractivity contribution in [1.29, 1.82) is 0 Å². The van der Waals surface area contributed by atoms with Crippen LogP contribution in [0.3, 0.4) is 0 Å². The Morgan fingerprint density at radius 1 is 1.10 bits per heavy atom. The van der Waals surface area contributed by atoms with Gasteiger partial charge in [0.1, 0.15) is 5.82 Å². The Morgan fingerprint density at radius 2 is 1.76 bits per heavy atom. The van der Waals surface area contributed by atoms with Crippen LogP contribution in [0.4, 0.5) is 23.7 Å². The molecule has 2 aromatic rings. The SMILES string of the molecule is Cc1cccc(N(Cc2cc(F)c(F)cc2F)C(=O)Cl)c1. The van der Waals surface area contributed by atoms with Gasteiger partial charge < -0.3 is 0 Å². The van der Waals surface area contributed by atoms with E-state index in [4.69, 9.17) is 11.6 Å². The highest BCUT2D eigenvalue weighted by Crippen LogP contribution is 2.23. The lowest BCUT2D eigenvalue weighted by molar-refractivity contribution is 0.264. The molecule has 0 unspecified atom stereocenters. The van der Waals surface area contributed by atoms with Gasteiger partial charge in [0, 0.05) is 17.3 Å². The molecular formula is C15H11ClF3NO. The third kappa shape index (κ3) is 3.55. The van der Waals surface area contributed by atoms with Gasteiger partial charge in [-0.2, -0.15) is 0 Å². The molecule has 0 spiro atoms. The van der Waals surface area contributed by atoms with Crippen LogP contribution in [0.2, 0.25) is 0 Å². The quantitative estimate of drug-likeness (QED) is 0.454. The third-order valence-electron chi connectivity index (χ3n) is 2.94. The maximum atomic E-state index is 13.7. The highest BCUT2D eigenvalue weighted by molar-refractivity contribution is 6.66. The van der Waals surface area contributed by atoms with Crippen molar-refractivity contribution in [3.05, 3.63) is 65.0 Å². The minimum atomic E-state index is -1.28. The second-order valence-electron chi connectivity index (χ2n) is 4.54. The average molecular weight is 314 g/mol. The van der Waals surface area contributed by atoms with Gasteiger partial charge in [-0.1, -0.05) is 12.1 Å². The lowest BCUT2D eigenvalue weighted by Gasteiger charge is -2.20. The number of hydrogen-bond acceptors (Lipinski definition) is 1. The van der Waals surface area contributed by atoms with Crippen LogP contribution >= 0.6 is 11.6 Å². The van der Waals surface area contributed by atoms with E-state index >= 15 is 0 Å². The molecule has 0 bridgehead atoms. The molecule has 0 radical (unpaired) electrons. The fraction of sp³-hybridized carbons (Fsp3) is 0.133. The summed E-state index contributed by atoms with van der Waals surface area (Å²) in [5.41, 5.74) is 1.16. The first kappa shape index (κ1) is 15.4. The number of carbonyl (C=O) groups excluding carboxylic acids is 1. The standard InChI is InChI=1S/C15H11ClF3NO/c1-9-3-2-4-11(5-9)20(15(16)21)8-10-6-13(18)14(19)7-12(10)17/h2-7H,8H2,1H3. The Kier molecular flexibility index (Phi) is 4.53. The predicted octanol–water partition coefficient (Wildman–Crippen LogP) is 4.78. The number of benzene rings is 2. The summed E-state index contributed by atoms with van der Waals surface area (Å²) < 4.78 is 39.8. The zero-order valence-electron chi connectivity index (χ0n) is 11.0. The Morgan fingerprint density at radius 3 is 2.38 bits per heavy atom. The first-order valence-electron chi connectivity index (χ1n) is 6.05. The number of carbonyl (C=O) groups is 1. The topological polar surface area (TPSA) is 20.3 Å². The summed E-state index contributed by atoms with van der Waals surface area (Å²) in [5, 5.41) is -0.843. The minimum absolute atomic E-state index is 0.163. The maximum Gasteiger partial charge on any atom is 0.321 e. The molecule has 6 heteroatoms. The first-order chi connectivity index (χ1) is 9.88. The Hall–Kier alpha value is -2.01. The molecule has 0 saturated heterocycles. The highest BCUT2D eigenvalue weighted by Gasteiger charge is 2.18. The van der Waals surface area contributed by atoms with E-state index in [1.165, 1.54) is 0 Å². The summed E-state index contributed by atoms with van der Waals surface area (Å²) in [6, 6.07) is 7.98. The highest BCUT2D eigenvalue weighted by atomic mass is 35.5. The van der Waals surface area contributed by atoms with Crippen molar-refractivity contribution < 1.29 is 18.0 Å². The number of halogens is 4. The van der Waals surface area contributed by atoms with Crippen molar-refractivity contribution in [2.24, 2.45) is 0 Å². The molecule has 1 amide bonds. The number of amides is 1. The molecule has 0 saturated carbocycles. The average Bonchev–Trinajstić information content (AvgIpc) is 2.41. The number of hydrogen-bond donors (Lipinski definition) is 0. The lowest BCUT2D eigenvalue weighted by atomic mass is 10.1. The first-order valence-corrected chi connectivity index (χ1v) is 6.43. The van der Waals surface area contributed by atoms with E-state index in [0.29, 0.717) is 17.8 Å². The lowest BCUT2D eigenvalue weighted by Crippen LogP contribution is -2.25. The fourth-order valence-electron chi connectivity index (χ4n) is 1.91. The largest absolute Gasteiger partial charge is 0.321 e. The van der Waals surface area contributed by atoms with Crippen molar-refractivity contribution in [2.45, 2.75) is 13.5 Å². The zero-order chi connectivity index (χ0) is 15.6. The van der Waals surface area contributed by atoms with Crippen LogP contribution < -0.4 is 4.90 Å². The van der Waals surface area contributed by atoms with E-state index in [-0.39, 0.29) is 12.1 Å². The van der Waals surface area contributed by atoms with Crippen LogP contribution in [0, 0.1) is 24.4 Å². The van der Waals surface area contributed by atoms with E-state index in [1.807, 2.05) is 13.0 Å². The van der Waals surface area contributed by atoms with Gasteiger partial charge in [-0.25, -0.2) is 13.2 Å². The van der Waals surface area contributed by atoms with E-state index in [2.05, 4.69) is 0 Å². The van der Waals surface area contributed by atoms with Gasteiger partial charge >= 0.3 is 5.37 Å². The summed E-state index contributed by atoms with van der Waals surface area (Å²) in [5.74, 6) is -3.40. The van der Waals surface area contributed by atoms with Crippen molar-refractivity contribution in [1.82, 2.24) is 0 Å². The molecule has 0 aliphatic heterocycles. The Balaban J connectivity index is 2.38. The molecule has 0 N–H and O–H groups in total. The molecule has 0 heterocycles. The van der Waals surface area contributed by atoms with Gasteiger partial charge in [-0.05, 0) is 42.3 Å². The molecule has 0 aliphatic carbocycles. The van der Waals surface area contributed by atoms with Crippen LogP contribution in [0.5, 0.6) is 0 Å². The Bertz CT molecular complexity index is 691. The van der Waals surface area contributed by atoms with Crippen LogP contribution in [0.25, 0.3) is 0 Å². The molecule has 2 aromatic carbocycles. The van der Waals surface area contributed by atoms with Gasteiger partial charge in [0.2, 0.25) is 0 Å². The summed E-state index contributed by atoms with van der Waals surface area (Å²) in [4.78, 5) is 12.6. The van der Waals surface area contributed by atoms with E-state index < -0.39 is 22.8 Å². The van der Waals surface area contributed by atoms with Crippen molar-refractivity contribution in [3.63, 3.8) is 0 Å². The third-order valence-corrected chi connectivity index (χ3v) is 3.15. The number of aryl methyl sites for hydroxylation is 1. The van der Waals surface area contributed by atoms with Crippen LogP contribution in [-0.2, 0) is 6.54 Å². The number of nitrogens with zero attached hydrogens (tertiary/aromatic N) is 1. The summed E-state index contributed by atoms with van der Waals surface area (Å²) in [6.45, 7) is 1.52.